The van der Waals surface area contributed by atoms with Crippen molar-refractivity contribution in [3.63, 3.8) is 0 Å². The zero-order valence-electron chi connectivity index (χ0n) is 8.44. The van der Waals surface area contributed by atoms with Crippen molar-refractivity contribution in [2.45, 2.75) is 19.3 Å². The van der Waals surface area contributed by atoms with Crippen LogP contribution in [-0.4, -0.2) is 34.8 Å². The third kappa shape index (κ3) is 3.47. The number of carbonyl (C=O) groups excluding carboxylic acids is 2. The Morgan fingerprint density at radius 1 is 1.27 bits per heavy atom. The molecule has 1 aliphatic heterocycles. The van der Waals surface area contributed by atoms with E-state index < -0.39 is 0 Å². The number of likely N-dealkylation sites (tertiary alicyclic amines) is 1. The lowest BCUT2D eigenvalue weighted by Gasteiger charge is -2.30. The van der Waals surface area contributed by atoms with E-state index in [4.69, 9.17) is 11.5 Å². The molecule has 84 valence electrons. The van der Waals surface area contributed by atoms with Crippen molar-refractivity contribution >= 4 is 29.0 Å². The van der Waals surface area contributed by atoms with Gasteiger partial charge in [-0.3, -0.25) is 9.59 Å². The number of primary amides is 1. The molecule has 6 heteroatoms. The standard InChI is InChI=1S/C9H15N3O2S/c10-7(15)5-8(13)12-3-1-6(2-4-12)9(11)14/h6H,1-5H2,(H2,10,15)(H2,11,14). The first-order chi connectivity index (χ1) is 7.00. The maximum absolute atomic E-state index is 11.5. The van der Waals surface area contributed by atoms with Gasteiger partial charge >= 0.3 is 0 Å². The van der Waals surface area contributed by atoms with Crippen molar-refractivity contribution < 1.29 is 9.59 Å². The number of rotatable bonds is 3. The maximum atomic E-state index is 11.5. The Balaban J connectivity index is 2.40. The lowest BCUT2D eigenvalue weighted by atomic mass is 9.96. The van der Waals surface area contributed by atoms with Gasteiger partial charge in [-0.1, -0.05) is 12.2 Å². The first-order valence-corrected chi connectivity index (χ1v) is 5.27. The van der Waals surface area contributed by atoms with E-state index in [2.05, 4.69) is 12.2 Å². The molecule has 2 amide bonds. The molecule has 0 aliphatic carbocycles. The summed E-state index contributed by atoms with van der Waals surface area (Å²) in [5.41, 5.74) is 10.5. The Morgan fingerprint density at radius 3 is 2.20 bits per heavy atom. The van der Waals surface area contributed by atoms with Crippen molar-refractivity contribution in [1.29, 1.82) is 0 Å². The number of thiocarbonyl (C=S) groups is 1. The zero-order chi connectivity index (χ0) is 11.4. The normalized spacial score (nSPS) is 17.5. The quantitative estimate of drug-likeness (QED) is 0.632. The Hall–Kier alpha value is -1.17. The van der Waals surface area contributed by atoms with Gasteiger partial charge in [-0.05, 0) is 12.8 Å². The van der Waals surface area contributed by atoms with Crippen LogP contribution in [0.25, 0.3) is 0 Å². The lowest BCUT2D eigenvalue weighted by molar-refractivity contribution is -0.133. The molecule has 5 nitrogen and oxygen atoms in total. The van der Waals surface area contributed by atoms with Crippen LogP contribution in [-0.2, 0) is 9.59 Å². The second-order valence-electron chi connectivity index (χ2n) is 3.70. The topological polar surface area (TPSA) is 89.4 Å². The molecular weight excluding hydrogens is 214 g/mol. The minimum Gasteiger partial charge on any atom is -0.393 e. The Morgan fingerprint density at radius 2 is 1.80 bits per heavy atom. The van der Waals surface area contributed by atoms with Gasteiger partial charge < -0.3 is 16.4 Å². The summed E-state index contributed by atoms with van der Waals surface area (Å²) >= 11 is 4.66. The fourth-order valence-electron chi connectivity index (χ4n) is 1.67. The summed E-state index contributed by atoms with van der Waals surface area (Å²) in [5, 5.41) is 0. The van der Waals surface area contributed by atoms with Crippen LogP contribution in [0.5, 0.6) is 0 Å². The highest BCUT2D eigenvalue weighted by Gasteiger charge is 2.25. The van der Waals surface area contributed by atoms with Gasteiger partial charge in [0.1, 0.15) is 0 Å². The zero-order valence-corrected chi connectivity index (χ0v) is 9.26. The molecule has 15 heavy (non-hydrogen) atoms. The molecule has 0 radical (unpaired) electrons. The molecule has 0 aromatic heterocycles. The van der Waals surface area contributed by atoms with Crippen LogP contribution in [0.1, 0.15) is 19.3 Å². The molecule has 1 fully saturated rings. The molecule has 0 unspecified atom stereocenters. The predicted octanol–water partition coefficient (Wildman–Crippen LogP) is -0.614. The Labute approximate surface area is 93.8 Å². The number of carbonyl (C=O) groups is 2. The highest BCUT2D eigenvalue weighted by Crippen LogP contribution is 2.17. The number of hydrogen-bond acceptors (Lipinski definition) is 3. The van der Waals surface area contributed by atoms with Crippen LogP contribution < -0.4 is 11.5 Å². The fourth-order valence-corrected chi connectivity index (χ4v) is 1.80. The molecular formula is C9H15N3O2S. The van der Waals surface area contributed by atoms with Crippen molar-refractivity contribution in [2.24, 2.45) is 17.4 Å². The highest BCUT2D eigenvalue weighted by atomic mass is 32.1. The molecule has 0 aromatic rings. The van der Waals surface area contributed by atoms with Crippen LogP contribution in [0.4, 0.5) is 0 Å². The summed E-state index contributed by atoms with van der Waals surface area (Å²) in [6, 6.07) is 0. The van der Waals surface area contributed by atoms with E-state index in [-0.39, 0.29) is 29.1 Å². The van der Waals surface area contributed by atoms with Gasteiger partial charge in [0, 0.05) is 19.0 Å². The van der Waals surface area contributed by atoms with Crippen LogP contribution in [0.2, 0.25) is 0 Å². The minimum absolute atomic E-state index is 0.0644. The van der Waals surface area contributed by atoms with Gasteiger partial charge in [-0.25, -0.2) is 0 Å². The van der Waals surface area contributed by atoms with Gasteiger partial charge in [0.15, 0.2) is 0 Å². The van der Waals surface area contributed by atoms with Gasteiger partial charge in [-0.2, -0.15) is 0 Å². The molecule has 0 atom stereocenters. The van der Waals surface area contributed by atoms with Crippen LogP contribution in [0.3, 0.4) is 0 Å². The summed E-state index contributed by atoms with van der Waals surface area (Å²) in [4.78, 5) is 24.3. The molecule has 0 spiro atoms. The van der Waals surface area contributed by atoms with Crippen molar-refractivity contribution in [3.05, 3.63) is 0 Å². The van der Waals surface area contributed by atoms with E-state index in [0.717, 1.165) is 0 Å². The smallest absolute Gasteiger partial charge is 0.229 e. The maximum Gasteiger partial charge on any atom is 0.229 e. The van der Waals surface area contributed by atoms with E-state index >= 15 is 0 Å². The van der Waals surface area contributed by atoms with Gasteiger partial charge in [0.25, 0.3) is 0 Å². The highest BCUT2D eigenvalue weighted by molar-refractivity contribution is 7.80. The second kappa shape index (κ2) is 5.06. The lowest BCUT2D eigenvalue weighted by Crippen LogP contribution is -2.42. The molecule has 0 aromatic carbocycles. The Bertz CT molecular complexity index is 285. The molecule has 0 saturated carbocycles. The monoisotopic (exact) mass is 229 g/mol. The van der Waals surface area contributed by atoms with E-state index in [1.54, 1.807) is 4.90 Å². The van der Waals surface area contributed by atoms with Crippen LogP contribution >= 0.6 is 12.2 Å². The first kappa shape index (κ1) is 11.9. The van der Waals surface area contributed by atoms with E-state index in [9.17, 15) is 9.59 Å². The van der Waals surface area contributed by atoms with Gasteiger partial charge in [-0.15, -0.1) is 0 Å². The van der Waals surface area contributed by atoms with Gasteiger partial charge in [0.2, 0.25) is 11.8 Å². The number of nitrogens with zero attached hydrogens (tertiary/aromatic N) is 1. The molecule has 1 saturated heterocycles. The van der Waals surface area contributed by atoms with Gasteiger partial charge in [0.05, 0.1) is 11.4 Å². The first-order valence-electron chi connectivity index (χ1n) is 4.86. The SMILES string of the molecule is NC(=O)C1CCN(C(=O)CC(N)=S)CC1. The van der Waals surface area contributed by atoms with E-state index in [1.165, 1.54) is 0 Å². The summed E-state index contributed by atoms with van der Waals surface area (Å²) in [7, 11) is 0. The molecule has 1 aliphatic rings. The van der Waals surface area contributed by atoms with Crippen LogP contribution in [0.15, 0.2) is 0 Å². The summed E-state index contributed by atoms with van der Waals surface area (Å²) < 4.78 is 0. The van der Waals surface area contributed by atoms with E-state index in [1.807, 2.05) is 0 Å². The molecule has 0 bridgehead atoms. The van der Waals surface area contributed by atoms with Crippen molar-refractivity contribution in [2.75, 3.05) is 13.1 Å². The minimum atomic E-state index is -0.281. The third-order valence-electron chi connectivity index (χ3n) is 2.58. The average Bonchev–Trinajstić information content (AvgIpc) is 2.17. The average molecular weight is 229 g/mol. The Kier molecular flexibility index (Phi) is 4.02. The molecule has 4 N–H and O–H groups in total. The summed E-state index contributed by atoms with van der Waals surface area (Å²) in [6.45, 7) is 1.13. The van der Waals surface area contributed by atoms with Crippen LogP contribution in [0, 0.1) is 5.92 Å². The largest absolute Gasteiger partial charge is 0.393 e. The number of amides is 2. The number of piperidine rings is 1. The summed E-state index contributed by atoms with van der Waals surface area (Å²) in [5.74, 6) is -0.444. The fraction of sp³-hybridized carbons (Fsp3) is 0.667. The third-order valence-corrected chi connectivity index (χ3v) is 2.72. The van der Waals surface area contributed by atoms with Crippen molar-refractivity contribution in [3.8, 4) is 0 Å². The summed E-state index contributed by atoms with van der Waals surface area (Å²) in [6.07, 6.45) is 1.38. The van der Waals surface area contributed by atoms with Crippen molar-refractivity contribution in [1.82, 2.24) is 4.90 Å². The molecule has 1 rings (SSSR count). The molecule has 1 heterocycles. The van der Waals surface area contributed by atoms with E-state index in [0.29, 0.717) is 25.9 Å². The second-order valence-corrected chi connectivity index (χ2v) is 4.22. The predicted molar refractivity (Wildman–Crippen MR) is 59.9 cm³/mol. The number of hydrogen-bond donors (Lipinski definition) is 2. The number of nitrogens with two attached hydrogens (primary N) is 2.